The minimum atomic E-state index is -1.09. The molecule has 1 saturated carbocycles. The van der Waals surface area contributed by atoms with Crippen LogP contribution in [-0.2, 0) is 19.1 Å². The molecule has 0 radical (unpaired) electrons. The Labute approximate surface area is 261 Å². The first-order chi connectivity index (χ1) is 21.3. The number of hydrogen-bond donors (Lipinski definition) is 1. The van der Waals surface area contributed by atoms with Gasteiger partial charge in [-0.05, 0) is 76.6 Å². The molecule has 2 bridgehead atoms. The molecule has 3 aliphatic heterocycles. The number of amides is 3. The Bertz CT molecular complexity index is 1230. The van der Waals surface area contributed by atoms with Gasteiger partial charge in [0.15, 0.2) is 0 Å². The van der Waals surface area contributed by atoms with Crippen molar-refractivity contribution in [2.75, 3.05) is 37.7 Å². The third-order valence-electron chi connectivity index (χ3n) is 10.2. The highest BCUT2D eigenvalue weighted by molar-refractivity contribution is 6.03. The van der Waals surface area contributed by atoms with Gasteiger partial charge in [-0.2, -0.15) is 0 Å². The Morgan fingerprint density at radius 3 is 2.41 bits per heavy atom. The molecule has 5 atom stereocenters. The van der Waals surface area contributed by atoms with E-state index in [1.165, 1.54) is 0 Å². The summed E-state index contributed by atoms with van der Waals surface area (Å²) in [6, 6.07) is 6.63. The number of fused-ring (bicyclic) bond motifs is 1. The number of ether oxygens (including phenoxy) is 2. The lowest BCUT2D eigenvalue weighted by Crippen LogP contribution is -2.58. The molecule has 9 nitrogen and oxygen atoms in total. The predicted molar refractivity (Wildman–Crippen MR) is 169 cm³/mol. The van der Waals surface area contributed by atoms with Crippen LogP contribution in [0.2, 0.25) is 0 Å². The second-order valence-electron chi connectivity index (χ2n) is 12.9. The van der Waals surface area contributed by atoms with Crippen LogP contribution >= 0.6 is 0 Å². The van der Waals surface area contributed by atoms with Gasteiger partial charge in [0.1, 0.15) is 17.4 Å². The zero-order valence-corrected chi connectivity index (χ0v) is 26.4. The highest BCUT2D eigenvalue weighted by Crippen LogP contribution is 2.63. The number of benzene rings is 1. The molecule has 1 aromatic rings. The largest absolute Gasteiger partial charge is 0.494 e. The highest BCUT2D eigenvalue weighted by atomic mass is 16.5. The maximum atomic E-state index is 14.7. The van der Waals surface area contributed by atoms with Crippen molar-refractivity contribution >= 4 is 23.4 Å². The van der Waals surface area contributed by atoms with E-state index < -0.39 is 29.1 Å². The molecule has 0 aromatic heterocycles. The molecule has 1 aliphatic carbocycles. The number of carbonyl (C=O) groups excluding carboxylic acids is 3. The number of aliphatic hydroxyl groups is 1. The minimum absolute atomic E-state index is 0.00809. The van der Waals surface area contributed by atoms with Gasteiger partial charge in [0.05, 0.1) is 24.0 Å². The monoisotopic (exact) mass is 607 g/mol. The lowest BCUT2D eigenvalue weighted by Gasteiger charge is -2.40. The molecule has 240 valence electrons. The molecule has 3 heterocycles. The third-order valence-corrected chi connectivity index (χ3v) is 10.2. The number of rotatable bonds is 14. The van der Waals surface area contributed by atoms with Crippen LogP contribution in [0.3, 0.4) is 0 Å². The highest BCUT2D eigenvalue weighted by Gasteiger charge is 2.78. The summed E-state index contributed by atoms with van der Waals surface area (Å²) in [7, 11) is 0. The molecular weight excluding hydrogens is 558 g/mol. The number of unbranched alkanes of at least 4 members (excludes halogenated alkanes) is 1. The van der Waals surface area contributed by atoms with Crippen LogP contribution in [0.4, 0.5) is 5.69 Å². The average molecular weight is 608 g/mol. The van der Waals surface area contributed by atoms with Crippen LogP contribution < -0.4 is 9.64 Å². The molecule has 1 N–H and O–H groups in total. The normalized spacial score (nSPS) is 29.4. The van der Waals surface area contributed by atoms with Gasteiger partial charge < -0.3 is 29.3 Å². The van der Waals surface area contributed by atoms with Gasteiger partial charge in [-0.3, -0.25) is 14.4 Å². The van der Waals surface area contributed by atoms with Crippen molar-refractivity contribution < 1.29 is 29.0 Å². The Balaban J connectivity index is 1.52. The molecule has 2 unspecified atom stereocenters. The number of anilines is 1. The predicted octanol–water partition coefficient (Wildman–Crippen LogP) is 4.49. The lowest BCUT2D eigenvalue weighted by atomic mass is 9.66. The van der Waals surface area contributed by atoms with Crippen molar-refractivity contribution in [3.8, 4) is 5.75 Å². The van der Waals surface area contributed by atoms with Crippen LogP contribution in [0, 0.1) is 11.8 Å². The Morgan fingerprint density at radius 2 is 1.77 bits per heavy atom. The van der Waals surface area contributed by atoms with E-state index >= 15 is 0 Å². The van der Waals surface area contributed by atoms with Crippen LogP contribution in [0.25, 0.3) is 0 Å². The molecule has 44 heavy (non-hydrogen) atoms. The summed E-state index contributed by atoms with van der Waals surface area (Å²) in [5.41, 5.74) is -1.28. The van der Waals surface area contributed by atoms with Gasteiger partial charge in [0, 0.05) is 38.0 Å². The Morgan fingerprint density at radius 1 is 1.07 bits per heavy atom. The van der Waals surface area contributed by atoms with Gasteiger partial charge in [0.25, 0.3) is 0 Å². The maximum Gasteiger partial charge on any atom is 0.248 e. The van der Waals surface area contributed by atoms with Gasteiger partial charge in [-0.1, -0.05) is 31.4 Å². The third kappa shape index (κ3) is 5.58. The molecule has 3 saturated heterocycles. The summed E-state index contributed by atoms with van der Waals surface area (Å²) in [4.78, 5) is 49.1. The number of likely N-dealkylation sites (tertiary alicyclic amines) is 1. The van der Waals surface area contributed by atoms with E-state index in [9.17, 15) is 19.5 Å². The summed E-state index contributed by atoms with van der Waals surface area (Å²) in [6.45, 7) is 13.2. The number of carbonyl (C=O) groups is 3. The van der Waals surface area contributed by atoms with Gasteiger partial charge in [0.2, 0.25) is 17.7 Å². The van der Waals surface area contributed by atoms with Crippen molar-refractivity contribution in [2.24, 2.45) is 11.8 Å². The second-order valence-corrected chi connectivity index (χ2v) is 12.9. The molecule has 1 spiro atoms. The zero-order chi connectivity index (χ0) is 31.5. The smallest absolute Gasteiger partial charge is 0.248 e. The van der Waals surface area contributed by atoms with Crippen molar-refractivity contribution in [3.63, 3.8) is 0 Å². The molecule has 1 aromatic carbocycles. The van der Waals surface area contributed by atoms with E-state index in [4.69, 9.17) is 9.47 Å². The Hall–Kier alpha value is -3.17. The molecule has 4 fully saturated rings. The van der Waals surface area contributed by atoms with Crippen molar-refractivity contribution in [1.29, 1.82) is 0 Å². The number of nitrogens with zero attached hydrogens (tertiary/aromatic N) is 3. The van der Waals surface area contributed by atoms with Crippen molar-refractivity contribution in [3.05, 3.63) is 49.6 Å². The van der Waals surface area contributed by atoms with Crippen LogP contribution in [0.15, 0.2) is 49.6 Å². The van der Waals surface area contributed by atoms with Gasteiger partial charge in [-0.15, -0.1) is 13.2 Å². The van der Waals surface area contributed by atoms with Crippen LogP contribution in [0.5, 0.6) is 5.75 Å². The molecule has 9 heteroatoms. The standard InChI is InChI=1S/C35H49N3O6/c1-5-21-36(26-15-17-27(18-16-26)43-7-3)31(40)28-29-32(41)38(23-11-12-24-39)30(35(29)20-19-34(28,4)44-35)33(42)37(22-6-2)25-13-9-8-10-14-25/h5-6,15-18,25,28-30,39H,1-2,7-14,19-24H2,3-4H3/t28-,29-,30?,34+,35?/m0/s1. The van der Waals surface area contributed by atoms with E-state index in [1.54, 1.807) is 22.0 Å². The lowest BCUT2D eigenvalue weighted by molar-refractivity contribution is -0.153. The molecule has 5 rings (SSSR count). The quantitative estimate of drug-likeness (QED) is 0.247. The summed E-state index contributed by atoms with van der Waals surface area (Å²) in [5, 5.41) is 9.51. The maximum absolute atomic E-state index is 14.7. The number of aliphatic hydroxyl groups excluding tert-OH is 1. The van der Waals surface area contributed by atoms with Gasteiger partial charge >= 0.3 is 0 Å². The fourth-order valence-corrected chi connectivity index (χ4v) is 8.33. The van der Waals surface area contributed by atoms with Crippen molar-refractivity contribution in [2.45, 2.75) is 94.9 Å². The average Bonchev–Trinajstić information content (AvgIpc) is 3.60. The first-order valence-electron chi connectivity index (χ1n) is 16.4. The molecular formula is C35H49N3O6. The minimum Gasteiger partial charge on any atom is -0.494 e. The summed E-state index contributed by atoms with van der Waals surface area (Å²) < 4.78 is 12.5. The summed E-state index contributed by atoms with van der Waals surface area (Å²) in [5.74, 6) is -1.32. The van der Waals surface area contributed by atoms with Gasteiger partial charge in [-0.25, -0.2) is 0 Å². The fourth-order valence-electron chi connectivity index (χ4n) is 8.33. The summed E-state index contributed by atoms with van der Waals surface area (Å²) >= 11 is 0. The number of hydrogen-bond acceptors (Lipinski definition) is 6. The fraction of sp³-hybridized carbons (Fsp3) is 0.629. The van der Waals surface area contributed by atoms with Crippen LogP contribution in [-0.4, -0.2) is 88.8 Å². The SMILES string of the molecule is C=CCN(C(=O)[C@@H]1[C@H]2C(=O)N(CCCCO)C(C(=O)N(CC=C)C3CCCCC3)C23CC[C@@]1(C)O3)c1ccc(OCC)cc1. The zero-order valence-electron chi connectivity index (χ0n) is 26.4. The first kappa shape index (κ1) is 32.2. The van der Waals surface area contributed by atoms with E-state index in [2.05, 4.69) is 13.2 Å². The molecule has 3 amide bonds. The van der Waals surface area contributed by atoms with Crippen molar-refractivity contribution in [1.82, 2.24) is 9.80 Å². The van der Waals surface area contributed by atoms with E-state index in [1.807, 2.05) is 43.0 Å². The second kappa shape index (κ2) is 13.4. The summed E-state index contributed by atoms with van der Waals surface area (Å²) in [6.07, 6.45) is 10.8. The van der Waals surface area contributed by atoms with Crippen LogP contribution in [0.1, 0.15) is 71.6 Å². The molecule has 4 aliphatic rings. The van der Waals surface area contributed by atoms with E-state index in [0.717, 1.165) is 32.1 Å². The Kier molecular flexibility index (Phi) is 9.85. The first-order valence-corrected chi connectivity index (χ1v) is 16.4. The topological polar surface area (TPSA) is 99.6 Å². The van der Waals surface area contributed by atoms with E-state index in [-0.39, 0.29) is 36.9 Å². The van der Waals surface area contributed by atoms with E-state index in [0.29, 0.717) is 56.8 Å².